The van der Waals surface area contributed by atoms with Gasteiger partial charge in [-0.3, -0.25) is 4.79 Å². The minimum absolute atomic E-state index is 0.0257. The average Bonchev–Trinajstić information content (AvgIpc) is 2.86. The molecule has 1 aromatic rings. The van der Waals surface area contributed by atoms with Crippen LogP contribution in [0, 0.1) is 0 Å². The summed E-state index contributed by atoms with van der Waals surface area (Å²) in [5, 5.41) is 10.9. The molecule has 1 N–H and O–H groups in total. The number of hydrogen-bond acceptors (Lipinski definition) is 3. The Hall–Kier alpha value is -1.56. The molecule has 0 atom stereocenters. The Kier molecular flexibility index (Phi) is 6.51. The minimum Gasteiger partial charge on any atom is -0.480 e. The van der Waals surface area contributed by atoms with Crippen molar-refractivity contribution in [3.8, 4) is 0 Å². The van der Waals surface area contributed by atoms with E-state index in [0.717, 1.165) is 11.3 Å². The molecule has 1 rings (SSSR count). The van der Waals surface area contributed by atoms with Crippen molar-refractivity contribution in [2.45, 2.75) is 39.8 Å². The number of amides is 2. The maximum Gasteiger partial charge on any atom is 0.323 e. The SMILES string of the molecule is CCCN(CC(=O)O)C(=O)N(Cc1cccs1)C(C)C. The van der Waals surface area contributed by atoms with E-state index in [0.29, 0.717) is 13.1 Å². The highest BCUT2D eigenvalue weighted by molar-refractivity contribution is 7.09. The summed E-state index contributed by atoms with van der Waals surface area (Å²) in [5.74, 6) is -0.980. The Morgan fingerprint density at radius 2 is 2.10 bits per heavy atom. The molecule has 6 heteroatoms. The third kappa shape index (κ3) is 4.85. The van der Waals surface area contributed by atoms with Crippen LogP contribution >= 0.6 is 11.3 Å². The topological polar surface area (TPSA) is 60.9 Å². The number of urea groups is 1. The number of aliphatic carboxylic acids is 1. The third-order valence-corrected chi connectivity index (χ3v) is 3.73. The molecular formula is C14H22N2O3S. The van der Waals surface area contributed by atoms with Crippen LogP contribution in [0.1, 0.15) is 32.1 Å². The number of rotatable bonds is 7. The number of thiophene rings is 1. The molecule has 1 aromatic heterocycles. The van der Waals surface area contributed by atoms with Crippen molar-refractivity contribution in [2.75, 3.05) is 13.1 Å². The van der Waals surface area contributed by atoms with Gasteiger partial charge in [-0.2, -0.15) is 0 Å². The van der Waals surface area contributed by atoms with Crippen LogP contribution in [0.3, 0.4) is 0 Å². The average molecular weight is 298 g/mol. The first kappa shape index (κ1) is 16.5. The Bertz CT molecular complexity index is 432. The predicted octanol–water partition coefficient (Wildman–Crippen LogP) is 2.88. The number of carboxylic acids is 1. The summed E-state index contributed by atoms with van der Waals surface area (Å²) < 4.78 is 0. The highest BCUT2D eigenvalue weighted by Gasteiger charge is 2.24. The van der Waals surface area contributed by atoms with Crippen LogP contribution in [0.15, 0.2) is 17.5 Å². The molecule has 0 saturated carbocycles. The van der Waals surface area contributed by atoms with Crippen LogP contribution in [-0.2, 0) is 11.3 Å². The maximum atomic E-state index is 12.5. The molecule has 0 unspecified atom stereocenters. The van der Waals surface area contributed by atoms with Crippen LogP contribution in [-0.4, -0.2) is 46.0 Å². The second-order valence-electron chi connectivity index (χ2n) is 4.90. The van der Waals surface area contributed by atoms with Gasteiger partial charge in [-0.25, -0.2) is 4.79 Å². The van der Waals surface area contributed by atoms with Crippen LogP contribution < -0.4 is 0 Å². The molecule has 0 aliphatic heterocycles. The molecule has 0 saturated heterocycles. The van der Waals surface area contributed by atoms with Crippen molar-refractivity contribution in [1.82, 2.24) is 9.80 Å². The van der Waals surface area contributed by atoms with Gasteiger partial charge >= 0.3 is 12.0 Å². The quantitative estimate of drug-likeness (QED) is 0.842. The molecule has 1 heterocycles. The van der Waals surface area contributed by atoms with E-state index in [1.807, 2.05) is 38.3 Å². The fraction of sp³-hybridized carbons (Fsp3) is 0.571. The number of carbonyl (C=O) groups excluding carboxylic acids is 1. The molecule has 0 fully saturated rings. The third-order valence-electron chi connectivity index (χ3n) is 2.87. The summed E-state index contributed by atoms with van der Waals surface area (Å²) in [4.78, 5) is 27.6. The summed E-state index contributed by atoms with van der Waals surface area (Å²) >= 11 is 1.60. The van der Waals surface area contributed by atoms with Crippen LogP contribution in [0.25, 0.3) is 0 Å². The zero-order valence-corrected chi connectivity index (χ0v) is 13.0. The van der Waals surface area contributed by atoms with Crippen LogP contribution in [0.5, 0.6) is 0 Å². The zero-order valence-electron chi connectivity index (χ0n) is 12.2. The fourth-order valence-electron chi connectivity index (χ4n) is 1.90. The molecule has 112 valence electrons. The fourth-order valence-corrected chi connectivity index (χ4v) is 2.60. The highest BCUT2D eigenvalue weighted by atomic mass is 32.1. The number of nitrogens with zero attached hydrogens (tertiary/aromatic N) is 2. The lowest BCUT2D eigenvalue weighted by Gasteiger charge is -2.32. The van der Waals surface area contributed by atoms with Gasteiger partial charge in [-0.15, -0.1) is 11.3 Å². The molecule has 5 nitrogen and oxygen atoms in total. The Morgan fingerprint density at radius 3 is 2.55 bits per heavy atom. The van der Waals surface area contributed by atoms with Gasteiger partial charge in [0.25, 0.3) is 0 Å². The summed E-state index contributed by atoms with van der Waals surface area (Å²) in [6.07, 6.45) is 0.740. The van der Waals surface area contributed by atoms with Crippen LogP contribution in [0.2, 0.25) is 0 Å². The lowest BCUT2D eigenvalue weighted by atomic mass is 10.3. The van der Waals surface area contributed by atoms with Gasteiger partial charge in [0.15, 0.2) is 0 Å². The highest BCUT2D eigenvalue weighted by Crippen LogP contribution is 2.16. The molecule has 0 bridgehead atoms. The summed E-state index contributed by atoms with van der Waals surface area (Å²) in [5.41, 5.74) is 0. The van der Waals surface area contributed by atoms with E-state index in [2.05, 4.69) is 0 Å². The van der Waals surface area contributed by atoms with E-state index in [9.17, 15) is 9.59 Å². The van der Waals surface area contributed by atoms with Gasteiger partial charge in [0.2, 0.25) is 0 Å². The maximum absolute atomic E-state index is 12.5. The molecule has 0 radical (unpaired) electrons. The normalized spacial score (nSPS) is 10.6. The van der Waals surface area contributed by atoms with Gasteiger partial charge < -0.3 is 14.9 Å². The van der Waals surface area contributed by atoms with E-state index < -0.39 is 5.97 Å². The van der Waals surface area contributed by atoms with E-state index in [1.165, 1.54) is 4.90 Å². The molecule has 0 aliphatic rings. The molecule has 2 amide bonds. The van der Waals surface area contributed by atoms with E-state index >= 15 is 0 Å². The predicted molar refractivity (Wildman–Crippen MR) is 79.9 cm³/mol. The molecular weight excluding hydrogens is 276 g/mol. The smallest absolute Gasteiger partial charge is 0.323 e. The number of carboxylic acid groups (broad SMARTS) is 1. The van der Waals surface area contributed by atoms with Crippen molar-refractivity contribution in [3.63, 3.8) is 0 Å². The summed E-state index contributed by atoms with van der Waals surface area (Å²) in [6, 6.07) is 3.74. The zero-order chi connectivity index (χ0) is 15.1. The Morgan fingerprint density at radius 1 is 1.40 bits per heavy atom. The van der Waals surface area contributed by atoms with Crippen molar-refractivity contribution < 1.29 is 14.7 Å². The lowest BCUT2D eigenvalue weighted by molar-refractivity contribution is -0.137. The van der Waals surface area contributed by atoms with Crippen molar-refractivity contribution >= 4 is 23.3 Å². The minimum atomic E-state index is -0.980. The van der Waals surface area contributed by atoms with Crippen molar-refractivity contribution in [1.29, 1.82) is 0 Å². The first-order valence-electron chi connectivity index (χ1n) is 6.75. The monoisotopic (exact) mass is 298 g/mol. The number of hydrogen-bond donors (Lipinski definition) is 1. The van der Waals surface area contributed by atoms with Gasteiger partial charge in [-0.1, -0.05) is 13.0 Å². The largest absolute Gasteiger partial charge is 0.480 e. The van der Waals surface area contributed by atoms with Crippen molar-refractivity contribution in [2.24, 2.45) is 0 Å². The first-order valence-corrected chi connectivity index (χ1v) is 7.63. The second-order valence-corrected chi connectivity index (χ2v) is 5.93. The van der Waals surface area contributed by atoms with Gasteiger partial charge in [-0.05, 0) is 31.7 Å². The summed E-state index contributed by atoms with van der Waals surface area (Å²) in [6.45, 7) is 6.54. The van der Waals surface area contributed by atoms with Crippen molar-refractivity contribution in [3.05, 3.63) is 22.4 Å². The standard InChI is InChI=1S/C14H22N2O3S/c1-4-7-15(10-13(17)18)14(19)16(11(2)3)9-12-6-5-8-20-12/h5-6,8,11H,4,7,9-10H2,1-3H3,(H,17,18). The number of carbonyl (C=O) groups is 2. The van der Waals surface area contributed by atoms with E-state index in [-0.39, 0.29) is 18.6 Å². The Balaban J connectivity index is 2.82. The van der Waals surface area contributed by atoms with E-state index in [1.54, 1.807) is 16.2 Å². The van der Waals surface area contributed by atoms with E-state index in [4.69, 9.17) is 5.11 Å². The Labute approximate surface area is 123 Å². The first-order chi connectivity index (χ1) is 9.45. The molecule has 20 heavy (non-hydrogen) atoms. The summed E-state index contributed by atoms with van der Waals surface area (Å²) in [7, 11) is 0. The molecule has 0 aromatic carbocycles. The van der Waals surface area contributed by atoms with Gasteiger partial charge in [0, 0.05) is 17.5 Å². The van der Waals surface area contributed by atoms with Crippen LogP contribution in [0.4, 0.5) is 4.79 Å². The second kappa shape index (κ2) is 7.89. The molecule has 0 spiro atoms. The van der Waals surface area contributed by atoms with Gasteiger partial charge in [0.1, 0.15) is 6.54 Å². The van der Waals surface area contributed by atoms with Gasteiger partial charge in [0.05, 0.1) is 6.54 Å². The lowest BCUT2D eigenvalue weighted by Crippen LogP contribution is -2.47. The molecule has 0 aliphatic carbocycles.